The minimum Gasteiger partial charge on any atom is -0.440 e. The largest absolute Gasteiger partial charge is 0.440 e. The van der Waals surface area contributed by atoms with Crippen molar-refractivity contribution in [3.63, 3.8) is 0 Å². The summed E-state index contributed by atoms with van der Waals surface area (Å²) in [7, 11) is 0. The number of aromatic nitrogens is 1. The van der Waals surface area contributed by atoms with Gasteiger partial charge in [-0.3, -0.25) is 9.59 Å². The molecule has 0 aliphatic carbocycles. The van der Waals surface area contributed by atoms with Crippen LogP contribution >= 0.6 is 0 Å². The van der Waals surface area contributed by atoms with E-state index in [0.29, 0.717) is 29.0 Å². The van der Waals surface area contributed by atoms with E-state index >= 15 is 0 Å². The predicted molar refractivity (Wildman–Crippen MR) is 100 cm³/mol. The summed E-state index contributed by atoms with van der Waals surface area (Å²) in [6.45, 7) is 2.46. The Morgan fingerprint density at radius 2 is 1.81 bits per heavy atom. The molecule has 0 radical (unpaired) electrons. The maximum Gasteiger partial charge on any atom is 0.258 e. The van der Waals surface area contributed by atoms with E-state index < -0.39 is 0 Å². The number of para-hydroxylation sites is 1. The van der Waals surface area contributed by atoms with Gasteiger partial charge in [0.25, 0.3) is 5.56 Å². The van der Waals surface area contributed by atoms with Gasteiger partial charge in [0.15, 0.2) is 11.7 Å². The Morgan fingerprint density at radius 3 is 2.54 bits per heavy atom. The molecule has 0 fully saturated rings. The number of hydrogen-bond acceptors (Lipinski definition) is 4. The van der Waals surface area contributed by atoms with Crippen LogP contribution in [0.3, 0.4) is 0 Å². The number of aryl methyl sites for hydroxylation is 1. The standard InChI is InChI=1S/C21H18N2O3/c1-2-23-17-11-7-6-10-14(17)19-16(21(23)25)12-15(20(22)26-19)18(24)13-8-4-3-5-9-13/h3-11H,2,12,22H2,1H3. The molecule has 0 saturated heterocycles. The fraction of sp³-hybridized carbons (Fsp3) is 0.143. The van der Waals surface area contributed by atoms with E-state index in [0.717, 1.165) is 10.9 Å². The van der Waals surface area contributed by atoms with Gasteiger partial charge in [0.2, 0.25) is 0 Å². The highest BCUT2D eigenvalue weighted by molar-refractivity contribution is 6.09. The van der Waals surface area contributed by atoms with E-state index in [1.807, 2.05) is 37.3 Å². The molecule has 0 spiro atoms. The molecule has 0 bridgehead atoms. The maximum absolute atomic E-state index is 13.0. The lowest BCUT2D eigenvalue weighted by molar-refractivity contribution is 0.102. The van der Waals surface area contributed by atoms with Crippen molar-refractivity contribution in [3.05, 3.63) is 87.5 Å². The fourth-order valence-electron chi connectivity index (χ4n) is 3.41. The van der Waals surface area contributed by atoms with Crippen molar-refractivity contribution >= 4 is 16.7 Å². The second-order valence-electron chi connectivity index (χ2n) is 6.19. The molecular formula is C21H18N2O3. The zero-order chi connectivity index (χ0) is 18.3. The second kappa shape index (κ2) is 6.19. The number of benzene rings is 2. The summed E-state index contributed by atoms with van der Waals surface area (Å²) in [5, 5.41) is 0.818. The summed E-state index contributed by atoms with van der Waals surface area (Å²) in [5.41, 5.74) is 8.03. The van der Waals surface area contributed by atoms with E-state index in [1.54, 1.807) is 28.8 Å². The fourth-order valence-corrected chi connectivity index (χ4v) is 3.41. The van der Waals surface area contributed by atoms with Crippen molar-refractivity contribution in [3.8, 4) is 5.75 Å². The number of nitrogens with zero attached hydrogens (tertiary/aromatic N) is 1. The number of allylic oxidation sites excluding steroid dienone is 1. The first-order chi connectivity index (χ1) is 12.6. The van der Waals surface area contributed by atoms with E-state index in [9.17, 15) is 9.59 Å². The second-order valence-corrected chi connectivity index (χ2v) is 6.19. The number of hydrogen-bond donors (Lipinski definition) is 1. The molecule has 1 aromatic heterocycles. The number of pyridine rings is 1. The summed E-state index contributed by atoms with van der Waals surface area (Å²) < 4.78 is 7.50. The van der Waals surface area contributed by atoms with Gasteiger partial charge >= 0.3 is 0 Å². The lowest BCUT2D eigenvalue weighted by Gasteiger charge is -2.23. The van der Waals surface area contributed by atoms with Crippen LogP contribution in [0, 0.1) is 0 Å². The third-order valence-corrected chi connectivity index (χ3v) is 4.71. The van der Waals surface area contributed by atoms with Gasteiger partial charge in [0.05, 0.1) is 16.7 Å². The minimum atomic E-state index is -0.218. The quantitative estimate of drug-likeness (QED) is 0.740. The molecule has 1 aliphatic heterocycles. The molecular weight excluding hydrogens is 328 g/mol. The molecule has 4 rings (SSSR count). The number of rotatable bonds is 3. The Labute approximate surface area is 150 Å². The van der Waals surface area contributed by atoms with Gasteiger partial charge in [-0.2, -0.15) is 0 Å². The number of nitrogens with two attached hydrogens (primary N) is 1. The molecule has 26 heavy (non-hydrogen) atoms. The van der Waals surface area contributed by atoms with E-state index in [1.165, 1.54) is 0 Å². The van der Waals surface area contributed by atoms with Gasteiger partial charge in [-0.1, -0.05) is 42.5 Å². The summed E-state index contributed by atoms with van der Waals surface area (Å²) >= 11 is 0. The molecule has 0 atom stereocenters. The van der Waals surface area contributed by atoms with E-state index in [-0.39, 0.29) is 23.6 Å². The predicted octanol–water partition coefficient (Wildman–Crippen LogP) is 3.01. The van der Waals surface area contributed by atoms with Crippen LogP contribution in [0.4, 0.5) is 0 Å². The first-order valence-corrected chi connectivity index (χ1v) is 8.52. The van der Waals surface area contributed by atoms with Crippen LogP contribution in [0.2, 0.25) is 0 Å². The highest BCUT2D eigenvalue weighted by atomic mass is 16.5. The van der Waals surface area contributed by atoms with Crippen molar-refractivity contribution in [2.24, 2.45) is 5.73 Å². The number of carbonyl (C=O) groups excluding carboxylic acids is 1. The normalized spacial score (nSPS) is 13.4. The Morgan fingerprint density at radius 1 is 1.12 bits per heavy atom. The van der Waals surface area contributed by atoms with Gasteiger partial charge in [-0.25, -0.2) is 0 Å². The molecule has 130 valence electrons. The van der Waals surface area contributed by atoms with Gasteiger partial charge in [0.1, 0.15) is 5.75 Å². The zero-order valence-corrected chi connectivity index (χ0v) is 14.4. The molecule has 0 saturated carbocycles. The van der Waals surface area contributed by atoms with Crippen molar-refractivity contribution in [2.45, 2.75) is 19.9 Å². The Bertz CT molecular complexity index is 1110. The van der Waals surface area contributed by atoms with Crippen LogP contribution in [-0.2, 0) is 13.0 Å². The monoisotopic (exact) mass is 346 g/mol. The number of fused-ring (bicyclic) bond motifs is 3. The van der Waals surface area contributed by atoms with Gasteiger partial charge in [-0.05, 0) is 19.1 Å². The maximum atomic E-state index is 13.0. The molecule has 1 aliphatic rings. The van der Waals surface area contributed by atoms with E-state index in [2.05, 4.69) is 0 Å². The van der Waals surface area contributed by atoms with Crippen LogP contribution in [0.5, 0.6) is 5.75 Å². The van der Waals surface area contributed by atoms with Crippen LogP contribution in [0.15, 0.2) is 70.8 Å². The van der Waals surface area contributed by atoms with E-state index in [4.69, 9.17) is 10.5 Å². The SMILES string of the molecule is CCn1c(=O)c2c(c3ccccc31)OC(N)=C(C(=O)c1ccccc1)C2. The average molecular weight is 346 g/mol. The van der Waals surface area contributed by atoms with Crippen molar-refractivity contribution in [2.75, 3.05) is 0 Å². The van der Waals surface area contributed by atoms with Gasteiger partial charge in [-0.15, -0.1) is 0 Å². The lowest BCUT2D eigenvalue weighted by atomic mass is 9.94. The molecule has 5 nitrogen and oxygen atoms in total. The van der Waals surface area contributed by atoms with Crippen molar-refractivity contribution in [1.82, 2.24) is 4.57 Å². The first-order valence-electron chi connectivity index (χ1n) is 8.52. The highest BCUT2D eigenvalue weighted by Crippen LogP contribution is 2.34. The molecule has 2 heterocycles. The topological polar surface area (TPSA) is 74.3 Å². The van der Waals surface area contributed by atoms with Gasteiger partial charge in [0, 0.05) is 23.9 Å². The summed E-state index contributed by atoms with van der Waals surface area (Å²) in [6.07, 6.45) is 0.165. The van der Waals surface area contributed by atoms with Gasteiger partial charge < -0.3 is 15.0 Å². The lowest BCUT2D eigenvalue weighted by Crippen LogP contribution is -2.30. The molecule has 2 aromatic carbocycles. The molecule has 3 aromatic rings. The summed E-state index contributed by atoms with van der Waals surface area (Å²) in [6, 6.07) is 16.4. The summed E-state index contributed by atoms with van der Waals surface area (Å²) in [5.74, 6) is 0.298. The smallest absolute Gasteiger partial charge is 0.258 e. The Balaban J connectivity index is 1.89. The van der Waals surface area contributed by atoms with Crippen molar-refractivity contribution in [1.29, 1.82) is 0 Å². The Hall–Kier alpha value is -3.34. The van der Waals surface area contributed by atoms with Crippen LogP contribution in [0.1, 0.15) is 22.8 Å². The molecule has 0 amide bonds. The minimum absolute atomic E-state index is 0.0603. The number of Topliss-reactive ketones (excluding diaryl/α,β-unsaturated/α-hetero) is 1. The highest BCUT2D eigenvalue weighted by Gasteiger charge is 2.28. The van der Waals surface area contributed by atoms with Crippen LogP contribution in [0.25, 0.3) is 10.9 Å². The molecule has 5 heteroatoms. The average Bonchev–Trinajstić information content (AvgIpc) is 2.68. The Kier molecular flexibility index (Phi) is 3.84. The summed E-state index contributed by atoms with van der Waals surface area (Å²) in [4.78, 5) is 25.8. The zero-order valence-electron chi connectivity index (χ0n) is 14.4. The van der Waals surface area contributed by atoms with Crippen molar-refractivity contribution < 1.29 is 9.53 Å². The molecule has 2 N–H and O–H groups in total. The van der Waals surface area contributed by atoms with Crippen LogP contribution < -0.4 is 16.0 Å². The molecule has 0 unspecified atom stereocenters. The first kappa shape index (κ1) is 16.1. The van der Waals surface area contributed by atoms with Crippen LogP contribution in [-0.4, -0.2) is 10.4 Å². The number of ketones is 1. The number of carbonyl (C=O) groups is 1. The number of ether oxygens (including phenoxy) is 1. The third kappa shape index (κ3) is 2.40. The third-order valence-electron chi connectivity index (χ3n) is 4.71.